The Morgan fingerprint density at radius 3 is 2.42 bits per heavy atom. The number of amides is 1. The number of piperidine rings is 1. The first-order chi connectivity index (χ1) is 11.6. The first kappa shape index (κ1) is 17.4. The van der Waals surface area contributed by atoms with Crippen LogP contribution >= 0.6 is 0 Å². The highest BCUT2D eigenvalue weighted by atomic mass is 19.1. The zero-order chi connectivity index (χ0) is 17.1. The molecule has 1 aliphatic carbocycles. The SMILES string of the molecule is CC[C@@H](c1ccc(F)cc1)N1CCC([C@H](O)C(=O)NC2CC2)CC1. The van der Waals surface area contributed by atoms with Crippen LogP contribution in [0.4, 0.5) is 4.39 Å². The van der Waals surface area contributed by atoms with Crippen LogP contribution in [0.5, 0.6) is 0 Å². The van der Waals surface area contributed by atoms with Crippen molar-refractivity contribution < 1.29 is 14.3 Å². The minimum Gasteiger partial charge on any atom is -0.383 e. The van der Waals surface area contributed by atoms with Crippen LogP contribution in [0.15, 0.2) is 24.3 Å². The Balaban J connectivity index is 1.54. The molecule has 0 spiro atoms. The molecule has 4 nitrogen and oxygen atoms in total. The molecule has 3 rings (SSSR count). The Hall–Kier alpha value is -1.46. The number of nitrogens with one attached hydrogen (secondary N) is 1. The molecule has 2 fully saturated rings. The number of carbonyl (C=O) groups is 1. The standard InChI is InChI=1S/C19H27FN2O2/c1-2-17(13-3-5-15(20)6-4-13)22-11-9-14(10-12-22)18(23)19(24)21-16-7-8-16/h3-6,14,16-18,23H,2,7-12H2,1H3,(H,21,24)/t17-,18-/m0/s1. The lowest BCUT2D eigenvalue weighted by Crippen LogP contribution is -2.45. The summed E-state index contributed by atoms with van der Waals surface area (Å²) in [7, 11) is 0. The highest BCUT2D eigenvalue weighted by Crippen LogP contribution is 2.31. The number of likely N-dealkylation sites (tertiary alicyclic amines) is 1. The minimum absolute atomic E-state index is 0.0331. The van der Waals surface area contributed by atoms with Crippen LogP contribution in [0.1, 0.15) is 50.6 Å². The third-order valence-corrected chi connectivity index (χ3v) is 5.30. The zero-order valence-corrected chi connectivity index (χ0v) is 14.2. The summed E-state index contributed by atoms with van der Waals surface area (Å²) < 4.78 is 13.1. The maximum absolute atomic E-state index is 13.1. The first-order valence-corrected chi connectivity index (χ1v) is 9.06. The molecule has 0 radical (unpaired) electrons. The molecular weight excluding hydrogens is 307 g/mol. The molecule has 0 aromatic heterocycles. The van der Waals surface area contributed by atoms with E-state index in [0.29, 0.717) is 0 Å². The molecule has 2 N–H and O–H groups in total. The highest BCUT2D eigenvalue weighted by molar-refractivity contribution is 5.81. The van der Waals surface area contributed by atoms with Crippen molar-refractivity contribution in [3.63, 3.8) is 0 Å². The van der Waals surface area contributed by atoms with Gasteiger partial charge >= 0.3 is 0 Å². The topological polar surface area (TPSA) is 52.6 Å². The maximum Gasteiger partial charge on any atom is 0.249 e. The van der Waals surface area contributed by atoms with Crippen LogP contribution in [0.25, 0.3) is 0 Å². The van der Waals surface area contributed by atoms with Crippen molar-refractivity contribution in [1.29, 1.82) is 0 Å². The molecule has 1 aliphatic heterocycles. The number of benzene rings is 1. The van der Waals surface area contributed by atoms with Crippen LogP contribution in [0.3, 0.4) is 0 Å². The summed E-state index contributed by atoms with van der Waals surface area (Å²) in [5.41, 5.74) is 1.13. The van der Waals surface area contributed by atoms with Gasteiger partial charge in [0.05, 0.1) is 0 Å². The molecule has 24 heavy (non-hydrogen) atoms. The second-order valence-electron chi connectivity index (χ2n) is 7.08. The van der Waals surface area contributed by atoms with Crippen LogP contribution in [-0.4, -0.2) is 41.1 Å². The Morgan fingerprint density at radius 2 is 1.88 bits per heavy atom. The van der Waals surface area contributed by atoms with Crippen molar-refractivity contribution in [2.45, 2.75) is 57.2 Å². The van der Waals surface area contributed by atoms with E-state index in [1.807, 2.05) is 12.1 Å². The van der Waals surface area contributed by atoms with Gasteiger partial charge < -0.3 is 10.4 Å². The summed E-state index contributed by atoms with van der Waals surface area (Å²) >= 11 is 0. The van der Waals surface area contributed by atoms with Crippen LogP contribution in [0, 0.1) is 11.7 Å². The zero-order valence-electron chi connectivity index (χ0n) is 14.2. The Morgan fingerprint density at radius 1 is 1.25 bits per heavy atom. The molecule has 1 amide bonds. The molecule has 132 valence electrons. The number of hydrogen-bond acceptors (Lipinski definition) is 3. The van der Waals surface area contributed by atoms with Gasteiger partial charge in [-0.3, -0.25) is 9.69 Å². The summed E-state index contributed by atoms with van der Waals surface area (Å²) in [5, 5.41) is 13.2. The van der Waals surface area contributed by atoms with Gasteiger partial charge in [0.1, 0.15) is 11.9 Å². The second kappa shape index (κ2) is 7.62. The molecular formula is C19H27FN2O2. The molecule has 1 aromatic rings. The van der Waals surface area contributed by atoms with Gasteiger partial charge in [0.15, 0.2) is 0 Å². The van der Waals surface area contributed by atoms with Gasteiger partial charge in [-0.25, -0.2) is 4.39 Å². The summed E-state index contributed by atoms with van der Waals surface area (Å²) in [6.45, 7) is 3.85. The largest absolute Gasteiger partial charge is 0.383 e. The lowest BCUT2D eigenvalue weighted by atomic mass is 9.89. The molecule has 5 heteroatoms. The van der Waals surface area contributed by atoms with Crippen molar-refractivity contribution in [1.82, 2.24) is 10.2 Å². The van der Waals surface area contributed by atoms with Crippen molar-refractivity contribution in [3.8, 4) is 0 Å². The van der Waals surface area contributed by atoms with Crippen molar-refractivity contribution in [2.24, 2.45) is 5.92 Å². The average Bonchev–Trinajstić information content (AvgIpc) is 3.41. The predicted molar refractivity (Wildman–Crippen MR) is 90.9 cm³/mol. The molecule has 1 saturated heterocycles. The molecule has 2 atom stereocenters. The van der Waals surface area contributed by atoms with Gasteiger partial charge in [-0.15, -0.1) is 0 Å². The van der Waals surface area contributed by atoms with Crippen LogP contribution in [0.2, 0.25) is 0 Å². The molecule has 0 unspecified atom stereocenters. The summed E-state index contributed by atoms with van der Waals surface area (Å²) in [6.07, 6.45) is 3.77. The fourth-order valence-corrected chi connectivity index (χ4v) is 3.66. The monoisotopic (exact) mass is 334 g/mol. The molecule has 1 heterocycles. The fourth-order valence-electron chi connectivity index (χ4n) is 3.66. The van der Waals surface area contributed by atoms with E-state index in [1.54, 1.807) is 0 Å². The van der Waals surface area contributed by atoms with E-state index < -0.39 is 6.10 Å². The third-order valence-electron chi connectivity index (χ3n) is 5.30. The van der Waals surface area contributed by atoms with E-state index in [1.165, 1.54) is 12.1 Å². The summed E-state index contributed by atoms with van der Waals surface area (Å²) in [4.78, 5) is 14.4. The number of rotatable bonds is 6. The second-order valence-corrected chi connectivity index (χ2v) is 7.08. The predicted octanol–water partition coefficient (Wildman–Crippen LogP) is 2.63. The molecule has 0 bridgehead atoms. The van der Waals surface area contributed by atoms with E-state index in [2.05, 4.69) is 17.1 Å². The van der Waals surface area contributed by atoms with Crippen molar-refractivity contribution in [3.05, 3.63) is 35.6 Å². The lowest BCUT2D eigenvalue weighted by Gasteiger charge is -2.38. The van der Waals surface area contributed by atoms with Gasteiger partial charge in [0, 0.05) is 12.1 Å². The Bertz CT molecular complexity index is 551. The van der Waals surface area contributed by atoms with Gasteiger partial charge in [-0.1, -0.05) is 19.1 Å². The van der Waals surface area contributed by atoms with E-state index in [9.17, 15) is 14.3 Å². The summed E-state index contributed by atoms with van der Waals surface area (Å²) in [5.74, 6) is -0.385. The number of hydrogen-bond donors (Lipinski definition) is 2. The molecule has 2 aliphatic rings. The van der Waals surface area contributed by atoms with E-state index >= 15 is 0 Å². The average molecular weight is 334 g/mol. The highest BCUT2D eigenvalue weighted by Gasteiger charge is 2.34. The smallest absolute Gasteiger partial charge is 0.249 e. The van der Waals surface area contributed by atoms with Crippen LogP contribution < -0.4 is 5.32 Å². The normalized spacial score (nSPS) is 22.1. The van der Waals surface area contributed by atoms with E-state index in [4.69, 9.17) is 0 Å². The third kappa shape index (κ3) is 4.14. The van der Waals surface area contributed by atoms with E-state index in [0.717, 1.165) is 50.8 Å². The van der Waals surface area contributed by atoms with Crippen molar-refractivity contribution >= 4 is 5.91 Å². The van der Waals surface area contributed by atoms with Gasteiger partial charge in [-0.2, -0.15) is 0 Å². The quantitative estimate of drug-likeness (QED) is 0.841. The van der Waals surface area contributed by atoms with Gasteiger partial charge in [0.2, 0.25) is 5.91 Å². The molecule has 1 saturated carbocycles. The number of aliphatic hydroxyl groups excluding tert-OH is 1. The lowest BCUT2D eigenvalue weighted by molar-refractivity contribution is -0.133. The number of nitrogens with zero attached hydrogens (tertiary/aromatic N) is 1. The minimum atomic E-state index is -0.890. The number of aliphatic hydroxyl groups is 1. The van der Waals surface area contributed by atoms with Crippen LogP contribution in [-0.2, 0) is 4.79 Å². The Labute approximate surface area is 143 Å². The van der Waals surface area contributed by atoms with Crippen molar-refractivity contribution in [2.75, 3.05) is 13.1 Å². The Kier molecular flexibility index (Phi) is 5.51. The first-order valence-electron chi connectivity index (χ1n) is 9.06. The number of halogens is 1. The van der Waals surface area contributed by atoms with Gasteiger partial charge in [0.25, 0.3) is 0 Å². The van der Waals surface area contributed by atoms with E-state index in [-0.39, 0.29) is 29.7 Å². The fraction of sp³-hybridized carbons (Fsp3) is 0.632. The number of carbonyl (C=O) groups excluding carboxylic acids is 1. The summed E-state index contributed by atoms with van der Waals surface area (Å²) in [6, 6.07) is 7.29. The van der Waals surface area contributed by atoms with Gasteiger partial charge in [-0.05, 0) is 68.8 Å². The maximum atomic E-state index is 13.1. The molecule has 1 aromatic carbocycles.